The van der Waals surface area contributed by atoms with Crippen LogP contribution in [0.4, 0.5) is 4.39 Å². The fourth-order valence-electron chi connectivity index (χ4n) is 0.749. The van der Waals surface area contributed by atoms with Crippen molar-refractivity contribution < 1.29 is 4.39 Å². The van der Waals surface area contributed by atoms with Crippen LogP contribution < -0.4 is 0 Å². The molecule has 1 rings (SSSR count). The highest BCUT2D eigenvalue weighted by atomic mass is 79.9. The molecule has 0 aliphatic carbocycles. The van der Waals surface area contributed by atoms with Crippen LogP contribution in [0.2, 0.25) is 0 Å². The Morgan fingerprint density at radius 3 is 2.50 bits per heavy atom. The van der Waals surface area contributed by atoms with Crippen LogP contribution in [0.5, 0.6) is 0 Å². The summed E-state index contributed by atoms with van der Waals surface area (Å²) in [4.78, 5) is 0. The smallest absolute Gasteiger partial charge is 0.123 e. The molecule has 0 bridgehead atoms. The lowest BCUT2D eigenvalue weighted by molar-refractivity contribution is 0.628. The maximum Gasteiger partial charge on any atom is 0.123 e. The normalized spacial score (nSPS) is 10.9. The molecular weight excluding hydrogens is 221 g/mol. The van der Waals surface area contributed by atoms with Crippen LogP contribution in [-0.2, 0) is 0 Å². The summed E-state index contributed by atoms with van der Waals surface area (Å²) in [6, 6.07) is 7.78. The molecule has 0 fully saturated rings. The van der Waals surface area contributed by atoms with Crippen LogP contribution in [0.15, 0.2) is 30.3 Å². The van der Waals surface area contributed by atoms with E-state index in [9.17, 15) is 4.39 Å². The second-order valence-corrected chi connectivity index (χ2v) is 2.98. The minimum Gasteiger partial charge on any atom is -0.207 e. The number of nitriles is 1. The predicted molar refractivity (Wildman–Crippen MR) is 48.9 cm³/mol. The highest BCUT2D eigenvalue weighted by molar-refractivity contribution is 9.15. The molecule has 1 nitrogen and oxygen atoms in total. The number of rotatable bonds is 1. The largest absolute Gasteiger partial charge is 0.207 e. The van der Waals surface area contributed by atoms with Gasteiger partial charge in [-0.1, -0.05) is 12.1 Å². The first-order valence-corrected chi connectivity index (χ1v) is 4.04. The molecule has 0 unspecified atom stereocenters. The van der Waals surface area contributed by atoms with Crippen molar-refractivity contribution in [2.45, 2.75) is 0 Å². The molecular formula is C9H5BrFN. The monoisotopic (exact) mass is 225 g/mol. The first-order valence-electron chi connectivity index (χ1n) is 3.25. The summed E-state index contributed by atoms with van der Waals surface area (Å²) in [7, 11) is 0. The molecule has 1 aromatic carbocycles. The zero-order chi connectivity index (χ0) is 8.97. The van der Waals surface area contributed by atoms with Crippen molar-refractivity contribution in [3.63, 3.8) is 0 Å². The van der Waals surface area contributed by atoms with Gasteiger partial charge in [-0.2, -0.15) is 5.26 Å². The van der Waals surface area contributed by atoms with Gasteiger partial charge in [-0.25, -0.2) is 4.39 Å². The Morgan fingerprint density at radius 1 is 1.42 bits per heavy atom. The van der Waals surface area contributed by atoms with Gasteiger partial charge in [-0.3, -0.25) is 0 Å². The Balaban J connectivity index is 2.99. The van der Waals surface area contributed by atoms with Gasteiger partial charge >= 0.3 is 0 Å². The quantitative estimate of drug-likeness (QED) is 0.675. The molecule has 0 atom stereocenters. The number of benzene rings is 1. The summed E-state index contributed by atoms with van der Waals surface area (Å²) < 4.78 is 13.1. The average molecular weight is 226 g/mol. The summed E-state index contributed by atoms with van der Waals surface area (Å²) in [5.74, 6) is -0.281. The molecule has 0 radical (unpaired) electrons. The second-order valence-electron chi connectivity index (χ2n) is 2.13. The lowest BCUT2D eigenvalue weighted by atomic mass is 10.2. The molecule has 0 aliphatic heterocycles. The van der Waals surface area contributed by atoms with Crippen molar-refractivity contribution >= 4 is 20.4 Å². The molecule has 0 saturated heterocycles. The third kappa shape index (κ3) is 2.18. The van der Waals surface area contributed by atoms with Gasteiger partial charge in [-0.15, -0.1) is 0 Å². The molecule has 0 aliphatic rings. The zero-order valence-corrected chi connectivity index (χ0v) is 7.68. The molecule has 0 heterocycles. The minimum absolute atomic E-state index is 0.281. The highest BCUT2D eigenvalue weighted by Gasteiger charge is 1.96. The highest BCUT2D eigenvalue weighted by Crippen LogP contribution is 2.20. The molecule has 0 spiro atoms. The topological polar surface area (TPSA) is 23.8 Å². The minimum atomic E-state index is -0.281. The standard InChI is InChI=1S/C9H5BrFN/c10-9(5-6-12)7-1-3-8(11)4-2-7/h1-5H/b9-5-. The molecule has 12 heavy (non-hydrogen) atoms. The Kier molecular flexibility index (Phi) is 3.01. The van der Waals surface area contributed by atoms with Crippen LogP contribution >= 0.6 is 15.9 Å². The second kappa shape index (κ2) is 4.03. The van der Waals surface area contributed by atoms with Gasteiger partial charge in [0.15, 0.2) is 0 Å². The Hall–Kier alpha value is -1.14. The zero-order valence-electron chi connectivity index (χ0n) is 6.09. The molecule has 0 saturated carbocycles. The summed E-state index contributed by atoms with van der Waals surface area (Å²) >= 11 is 3.19. The molecule has 0 N–H and O–H groups in total. The van der Waals surface area contributed by atoms with Crippen molar-refractivity contribution in [1.82, 2.24) is 0 Å². The lowest BCUT2D eigenvalue weighted by Crippen LogP contribution is -1.77. The molecule has 3 heteroatoms. The van der Waals surface area contributed by atoms with E-state index in [-0.39, 0.29) is 5.82 Å². The maximum absolute atomic E-state index is 12.4. The third-order valence-corrected chi connectivity index (χ3v) is 2.00. The molecule has 60 valence electrons. The summed E-state index contributed by atoms with van der Waals surface area (Å²) in [6.45, 7) is 0. The van der Waals surface area contributed by atoms with Gasteiger partial charge in [0.2, 0.25) is 0 Å². The van der Waals surface area contributed by atoms with Crippen LogP contribution in [0.3, 0.4) is 0 Å². The van der Waals surface area contributed by atoms with E-state index >= 15 is 0 Å². The number of hydrogen-bond acceptors (Lipinski definition) is 1. The number of nitrogens with zero attached hydrogens (tertiary/aromatic N) is 1. The van der Waals surface area contributed by atoms with Gasteiger partial charge in [0, 0.05) is 10.6 Å². The maximum atomic E-state index is 12.4. The fraction of sp³-hybridized carbons (Fsp3) is 0. The summed E-state index contributed by atoms with van der Waals surface area (Å²) in [5, 5.41) is 8.32. The molecule has 1 aromatic rings. The van der Waals surface area contributed by atoms with E-state index in [0.29, 0.717) is 4.48 Å². The first-order chi connectivity index (χ1) is 5.74. The first kappa shape index (κ1) is 8.95. The van der Waals surface area contributed by atoms with Crippen LogP contribution in [0.25, 0.3) is 4.48 Å². The Labute approximate surface area is 78.3 Å². The number of allylic oxidation sites excluding steroid dienone is 1. The van der Waals surface area contributed by atoms with E-state index in [1.54, 1.807) is 12.1 Å². The summed E-state index contributed by atoms with van der Waals surface area (Å²) in [5.41, 5.74) is 0.790. The van der Waals surface area contributed by atoms with Gasteiger partial charge in [-0.05, 0) is 33.6 Å². The van der Waals surface area contributed by atoms with Crippen LogP contribution in [-0.4, -0.2) is 0 Å². The Morgan fingerprint density at radius 2 is 2.00 bits per heavy atom. The van der Waals surface area contributed by atoms with Gasteiger partial charge in [0.1, 0.15) is 5.82 Å². The average Bonchev–Trinajstić information content (AvgIpc) is 2.06. The van der Waals surface area contributed by atoms with E-state index in [0.717, 1.165) is 5.56 Å². The van der Waals surface area contributed by atoms with Crippen molar-refractivity contribution in [3.8, 4) is 6.07 Å². The molecule has 0 amide bonds. The lowest BCUT2D eigenvalue weighted by Gasteiger charge is -1.95. The van der Waals surface area contributed by atoms with E-state index in [1.165, 1.54) is 18.2 Å². The van der Waals surface area contributed by atoms with Crippen molar-refractivity contribution in [3.05, 3.63) is 41.7 Å². The van der Waals surface area contributed by atoms with Gasteiger partial charge in [0.05, 0.1) is 6.07 Å². The van der Waals surface area contributed by atoms with Crippen molar-refractivity contribution in [2.75, 3.05) is 0 Å². The Bertz CT molecular complexity index is 335. The van der Waals surface area contributed by atoms with E-state index < -0.39 is 0 Å². The summed E-state index contributed by atoms with van der Waals surface area (Å²) in [6.07, 6.45) is 1.35. The van der Waals surface area contributed by atoms with Crippen molar-refractivity contribution in [2.24, 2.45) is 0 Å². The van der Waals surface area contributed by atoms with E-state index in [4.69, 9.17) is 5.26 Å². The van der Waals surface area contributed by atoms with E-state index in [1.807, 2.05) is 6.07 Å². The van der Waals surface area contributed by atoms with E-state index in [2.05, 4.69) is 15.9 Å². The van der Waals surface area contributed by atoms with Gasteiger partial charge < -0.3 is 0 Å². The molecule has 0 aromatic heterocycles. The fourth-order valence-corrected chi connectivity index (χ4v) is 1.12. The number of hydrogen-bond donors (Lipinski definition) is 0. The van der Waals surface area contributed by atoms with Crippen LogP contribution in [0.1, 0.15) is 5.56 Å². The SMILES string of the molecule is N#C/C=C(\Br)c1ccc(F)cc1. The predicted octanol–water partition coefficient (Wildman–Crippen LogP) is 3.09. The van der Waals surface area contributed by atoms with Crippen molar-refractivity contribution in [1.29, 1.82) is 5.26 Å². The third-order valence-electron chi connectivity index (χ3n) is 1.31. The van der Waals surface area contributed by atoms with Crippen LogP contribution in [0, 0.1) is 17.1 Å². The number of halogens is 2. The van der Waals surface area contributed by atoms with Gasteiger partial charge in [0.25, 0.3) is 0 Å².